The van der Waals surface area contributed by atoms with Gasteiger partial charge in [-0.1, -0.05) is 24.3 Å². The zero-order chi connectivity index (χ0) is 19.8. The highest BCUT2D eigenvalue weighted by molar-refractivity contribution is 6.02. The molecule has 7 heteroatoms. The maximum atomic E-state index is 11.3. The SMILES string of the molecule is NC(=O)c1ccc(C2=NCC(c3ccc4c(c3)OCO4)(c3ccccn3)N2)cc1. The molecule has 3 heterocycles. The lowest BCUT2D eigenvalue weighted by Crippen LogP contribution is -2.45. The van der Waals surface area contributed by atoms with Gasteiger partial charge in [-0.05, 0) is 42.0 Å². The lowest BCUT2D eigenvalue weighted by atomic mass is 9.86. The highest BCUT2D eigenvalue weighted by Gasteiger charge is 2.41. The fourth-order valence-corrected chi connectivity index (χ4v) is 3.67. The summed E-state index contributed by atoms with van der Waals surface area (Å²) in [6.45, 7) is 0.688. The summed E-state index contributed by atoms with van der Waals surface area (Å²) in [5, 5.41) is 3.57. The molecule has 0 spiro atoms. The van der Waals surface area contributed by atoms with Gasteiger partial charge in [-0.15, -0.1) is 0 Å². The van der Waals surface area contributed by atoms with Crippen LogP contribution in [-0.4, -0.2) is 30.1 Å². The minimum Gasteiger partial charge on any atom is -0.454 e. The van der Waals surface area contributed by atoms with Crippen LogP contribution in [0.3, 0.4) is 0 Å². The monoisotopic (exact) mass is 386 g/mol. The minimum absolute atomic E-state index is 0.219. The van der Waals surface area contributed by atoms with Crippen molar-refractivity contribution in [2.24, 2.45) is 10.7 Å². The number of hydrogen-bond donors (Lipinski definition) is 2. The molecule has 2 aromatic carbocycles. The van der Waals surface area contributed by atoms with E-state index in [0.29, 0.717) is 17.9 Å². The molecule has 1 unspecified atom stereocenters. The van der Waals surface area contributed by atoms with Crippen LogP contribution in [0.1, 0.15) is 27.2 Å². The second-order valence-corrected chi connectivity index (χ2v) is 6.92. The number of ether oxygens (including phenoxy) is 2. The molecule has 0 fully saturated rings. The molecule has 5 rings (SSSR count). The van der Waals surface area contributed by atoms with Gasteiger partial charge in [-0.3, -0.25) is 14.8 Å². The average molecular weight is 386 g/mol. The number of rotatable bonds is 4. The van der Waals surface area contributed by atoms with Gasteiger partial charge in [0.1, 0.15) is 11.4 Å². The molecule has 144 valence electrons. The number of aromatic nitrogens is 1. The number of amides is 1. The lowest BCUT2D eigenvalue weighted by molar-refractivity contribution is 0.100. The van der Waals surface area contributed by atoms with E-state index in [1.54, 1.807) is 18.3 Å². The Kier molecular flexibility index (Phi) is 3.94. The third-order valence-electron chi connectivity index (χ3n) is 5.22. The predicted molar refractivity (Wildman–Crippen MR) is 107 cm³/mol. The number of nitrogens with two attached hydrogens (primary N) is 1. The first kappa shape index (κ1) is 17.2. The van der Waals surface area contributed by atoms with Crippen molar-refractivity contribution in [3.8, 4) is 11.5 Å². The van der Waals surface area contributed by atoms with Crippen molar-refractivity contribution in [2.75, 3.05) is 13.3 Å². The van der Waals surface area contributed by atoms with E-state index >= 15 is 0 Å². The van der Waals surface area contributed by atoms with Gasteiger partial charge >= 0.3 is 0 Å². The Morgan fingerprint density at radius 1 is 1.03 bits per heavy atom. The van der Waals surface area contributed by atoms with E-state index in [1.807, 2.05) is 48.5 Å². The first-order valence-corrected chi connectivity index (χ1v) is 9.20. The molecular weight excluding hydrogens is 368 g/mol. The molecule has 0 bridgehead atoms. The number of primary amides is 1. The summed E-state index contributed by atoms with van der Waals surface area (Å²) >= 11 is 0. The number of fused-ring (bicyclic) bond motifs is 1. The van der Waals surface area contributed by atoms with Crippen molar-refractivity contribution in [3.05, 3.63) is 89.2 Å². The van der Waals surface area contributed by atoms with E-state index in [-0.39, 0.29) is 6.79 Å². The molecule has 0 saturated carbocycles. The molecule has 3 aromatic rings. The van der Waals surface area contributed by atoms with E-state index in [9.17, 15) is 4.79 Å². The smallest absolute Gasteiger partial charge is 0.248 e. The molecule has 2 aliphatic heterocycles. The molecule has 0 saturated heterocycles. The lowest BCUT2D eigenvalue weighted by Gasteiger charge is -2.30. The van der Waals surface area contributed by atoms with Gasteiger partial charge in [0.15, 0.2) is 11.5 Å². The first-order chi connectivity index (χ1) is 14.2. The molecule has 2 aliphatic rings. The number of nitrogens with one attached hydrogen (secondary N) is 1. The second-order valence-electron chi connectivity index (χ2n) is 6.92. The topological polar surface area (TPSA) is 98.8 Å². The highest BCUT2D eigenvalue weighted by atomic mass is 16.7. The van der Waals surface area contributed by atoms with Gasteiger partial charge in [0.05, 0.1) is 12.2 Å². The zero-order valence-electron chi connectivity index (χ0n) is 15.5. The molecule has 1 aromatic heterocycles. The van der Waals surface area contributed by atoms with Crippen LogP contribution < -0.4 is 20.5 Å². The third-order valence-corrected chi connectivity index (χ3v) is 5.22. The number of pyridine rings is 1. The molecular formula is C22H18N4O3. The quantitative estimate of drug-likeness (QED) is 0.716. The van der Waals surface area contributed by atoms with Crippen LogP contribution in [0.4, 0.5) is 0 Å². The number of carbonyl (C=O) groups excluding carboxylic acids is 1. The molecule has 7 nitrogen and oxygen atoms in total. The Morgan fingerprint density at radius 2 is 1.86 bits per heavy atom. The standard InChI is InChI=1S/C22H18N4O3/c23-20(27)14-4-6-15(7-5-14)21-25-12-22(26-21,19-3-1-2-10-24-19)16-8-9-17-18(11-16)29-13-28-17/h1-11H,12-13H2,(H2,23,27)(H,25,26). The number of nitrogens with zero attached hydrogens (tertiary/aromatic N) is 2. The van der Waals surface area contributed by atoms with Crippen LogP contribution in [-0.2, 0) is 5.54 Å². The Labute approximate surface area is 167 Å². The molecule has 0 radical (unpaired) electrons. The van der Waals surface area contributed by atoms with Crippen LogP contribution in [0, 0.1) is 0 Å². The summed E-state index contributed by atoms with van der Waals surface area (Å²) in [4.78, 5) is 20.7. The van der Waals surface area contributed by atoms with Crippen molar-refractivity contribution in [3.63, 3.8) is 0 Å². The Bertz CT molecular complexity index is 1110. The van der Waals surface area contributed by atoms with Gasteiger partial charge in [0.25, 0.3) is 0 Å². The number of amidine groups is 1. The van der Waals surface area contributed by atoms with Crippen molar-refractivity contribution >= 4 is 11.7 Å². The van der Waals surface area contributed by atoms with Gasteiger partial charge in [-0.25, -0.2) is 0 Å². The maximum absolute atomic E-state index is 11.3. The zero-order valence-corrected chi connectivity index (χ0v) is 15.5. The summed E-state index contributed by atoms with van der Waals surface area (Å²) in [6.07, 6.45) is 1.77. The summed E-state index contributed by atoms with van der Waals surface area (Å²) in [5.74, 6) is 1.70. The van der Waals surface area contributed by atoms with Crippen molar-refractivity contribution in [2.45, 2.75) is 5.54 Å². The molecule has 1 atom stereocenters. The van der Waals surface area contributed by atoms with E-state index in [4.69, 9.17) is 20.2 Å². The fourth-order valence-electron chi connectivity index (χ4n) is 3.67. The Hall–Kier alpha value is -3.87. The molecule has 1 amide bonds. The minimum atomic E-state index is -0.639. The predicted octanol–water partition coefficient (Wildman–Crippen LogP) is 2.20. The number of hydrogen-bond acceptors (Lipinski definition) is 6. The third kappa shape index (κ3) is 2.87. The van der Waals surface area contributed by atoms with Crippen LogP contribution >= 0.6 is 0 Å². The number of aliphatic imine (C=N–C) groups is 1. The molecule has 3 N–H and O–H groups in total. The molecule has 0 aliphatic carbocycles. The van der Waals surface area contributed by atoms with E-state index in [0.717, 1.165) is 28.4 Å². The fraction of sp³-hybridized carbons (Fsp3) is 0.136. The van der Waals surface area contributed by atoms with Gasteiger partial charge in [0.2, 0.25) is 12.7 Å². The van der Waals surface area contributed by atoms with Crippen LogP contribution in [0.15, 0.2) is 71.9 Å². The van der Waals surface area contributed by atoms with E-state index in [1.165, 1.54) is 0 Å². The van der Waals surface area contributed by atoms with E-state index in [2.05, 4.69) is 10.3 Å². The first-order valence-electron chi connectivity index (χ1n) is 9.20. The summed E-state index contributed by atoms with van der Waals surface area (Å²) in [6, 6.07) is 18.8. The van der Waals surface area contributed by atoms with Gasteiger partial charge in [0, 0.05) is 17.3 Å². The largest absolute Gasteiger partial charge is 0.454 e. The second kappa shape index (κ2) is 6.63. The van der Waals surface area contributed by atoms with Gasteiger partial charge in [-0.2, -0.15) is 0 Å². The van der Waals surface area contributed by atoms with Crippen molar-refractivity contribution < 1.29 is 14.3 Å². The van der Waals surface area contributed by atoms with Crippen LogP contribution in [0.2, 0.25) is 0 Å². The van der Waals surface area contributed by atoms with Crippen LogP contribution in [0.25, 0.3) is 0 Å². The Morgan fingerprint density at radius 3 is 2.62 bits per heavy atom. The van der Waals surface area contributed by atoms with E-state index < -0.39 is 11.4 Å². The maximum Gasteiger partial charge on any atom is 0.248 e. The van der Waals surface area contributed by atoms with Crippen LogP contribution in [0.5, 0.6) is 11.5 Å². The number of carbonyl (C=O) groups is 1. The van der Waals surface area contributed by atoms with Crippen molar-refractivity contribution in [1.29, 1.82) is 0 Å². The Balaban J connectivity index is 1.54. The summed E-state index contributed by atoms with van der Waals surface area (Å²) < 4.78 is 11.0. The normalized spacial score (nSPS) is 19.5. The number of benzene rings is 2. The van der Waals surface area contributed by atoms with Crippen molar-refractivity contribution in [1.82, 2.24) is 10.3 Å². The average Bonchev–Trinajstić information content (AvgIpc) is 3.42. The summed E-state index contributed by atoms with van der Waals surface area (Å²) in [5.41, 5.74) is 7.86. The molecule has 29 heavy (non-hydrogen) atoms. The summed E-state index contributed by atoms with van der Waals surface area (Å²) in [7, 11) is 0. The highest BCUT2D eigenvalue weighted by Crippen LogP contribution is 2.39. The van der Waals surface area contributed by atoms with Gasteiger partial charge < -0.3 is 20.5 Å².